The van der Waals surface area contributed by atoms with Crippen molar-refractivity contribution >= 4 is 11.3 Å². The molecule has 0 saturated carbocycles. The number of ether oxygens (including phenoxy) is 1. The minimum Gasteiger partial charge on any atom is -0.485 e. The number of thiophene rings is 1. The first kappa shape index (κ1) is 14.0. The van der Waals surface area contributed by atoms with Crippen molar-refractivity contribution in [2.24, 2.45) is 0 Å². The molecule has 0 unspecified atom stereocenters. The molecule has 2 nitrogen and oxygen atoms in total. The van der Waals surface area contributed by atoms with Crippen LogP contribution < -0.4 is 10.1 Å². The summed E-state index contributed by atoms with van der Waals surface area (Å²) in [7, 11) is 0. The molecule has 0 aliphatic carbocycles. The Morgan fingerprint density at radius 1 is 1.16 bits per heavy atom. The van der Waals surface area contributed by atoms with Crippen LogP contribution in [0.2, 0.25) is 0 Å². The van der Waals surface area contributed by atoms with E-state index in [1.807, 2.05) is 6.07 Å². The molecular formula is C15H18FNOS. The lowest BCUT2D eigenvalue weighted by Crippen LogP contribution is -2.21. The van der Waals surface area contributed by atoms with Crippen LogP contribution in [-0.4, -0.2) is 6.04 Å². The van der Waals surface area contributed by atoms with Gasteiger partial charge in [-0.1, -0.05) is 26.0 Å². The molecular weight excluding hydrogens is 261 g/mol. The second kappa shape index (κ2) is 6.68. The molecule has 0 amide bonds. The van der Waals surface area contributed by atoms with Crippen molar-refractivity contribution in [1.82, 2.24) is 5.32 Å². The number of halogens is 1. The number of rotatable bonds is 6. The molecule has 1 aromatic heterocycles. The highest BCUT2D eigenvalue weighted by Crippen LogP contribution is 2.21. The van der Waals surface area contributed by atoms with E-state index in [1.54, 1.807) is 29.5 Å². The molecule has 1 heterocycles. The average Bonchev–Trinajstić information content (AvgIpc) is 2.83. The van der Waals surface area contributed by atoms with Gasteiger partial charge < -0.3 is 10.1 Å². The summed E-state index contributed by atoms with van der Waals surface area (Å²) in [6.45, 7) is 5.51. The first-order valence-corrected chi connectivity index (χ1v) is 7.15. The van der Waals surface area contributed by atoms with E-state index in [-0.39, 0.29) is 5.82 Å². The molecule has 2 rings (SSSR count). The Kier molecular flexibility index (Phi) is 4.93. The number of hydrogen-bond acceptors (Lipinski definition) is 3. The average molecular weight is 279 g/mol. The summed E-state index contributed by atoms with van der Waals surface area (Å²) in [5.41, 5.74) is 0. The van der Waals surface area contributed by atoms with Crippen molar-refractivity contribution in [1.29, 1.82) is 0 Å². The van der Waals surface area contributed by atoms with E-state index >= 15 is 0 Å². The van der Waals surface area contributed by atoms with Crippen LogP contribution in [0.5, 0.6) is 5.75 Å². The van der Waals surface area contributed by atoms with E-state index < -0.39 is 0 Å². The minimum atomic E-state index is -0.319. The molecule has 4 heteroatoms. The van der Waals surface area contributed by atoms with Crippen molar-refractivity contribution < 1.29 is 9.13 Å². The standard InChI is InChI=1S/C15H18FNOS/c1-11(2)17-9-12-7-8-13(19-12)10-18-15-6-4-3-5-14(15)16/h3-8,11,17H,9-10H2,1-2H3. The molecule has 0 aliphatic rings. The van der Waals surface area contributed by atoms with Crippen molar-refractivity contribution in [3.8, 4) is 5.75 Å². The Bertz CT molecular complexity index is 524. The Morgan fingerprint density at radius 2 is 1.89 bits per heavy atom. The van der Waals surface area contributed by atoms with Crippen LogP contribution in [0.4, 0.5) is 4.39 Å². The van der Waals surface area contributed by atoms with Gasteiger partial charge in [-0.2, -0.15) is 0 Å². The molecule has 0 aliphatic heterocycles. The molecule has 0 radical (unpaired) electrons. The fraction of sp³-hybridized carbons (Fsp3) is 0.333. The first-order valence-electron chi connectivity index (χ1n) is 6.33. The first-order chi connectivity index (χ1) is 9.15. The second-order valence-corrected chi connectivity index (χ2v) is 5.88. The van der Waals surface area contributed by atoms with Crippen LogP contribution in [0.3, 0.4) is 0 Å². The third-order valence-corrected chi connectivity index (χ3v) is 3.67. The largest absolute Gasteiger partial charge is 0.485 e. The van der Waals surface area contributed by atoms with Gasteiger partial charge in [0.25, 0.3) is 0 Å². The Morgan fingerprint density at radius 3 is 2.63 bits per heavy atom. The summed E-state index contributed by atoms with van der Waals surface area (Å²) in [4.78, 5) is 2.37. The van der Waals surface area contributed by atoms with Gasteiger partial charge in [0.05, 0.1) is 0 Å². The lowest BCUT2D eigenvalue weighted by atomic mass is 10.3. The maximum absolute atomic E-state index is 13.4. The highest BCUT2D eigenvalue weighted by molar-refractivity contribution is 7.11. The van der Waals surface area contributed by atoms with Crippen LogP contribution in [-0.2, 0) is 13.2 Å². The highest BCUT2D eigenvalue weighted by Gasteiger charge is 2.04. The van der Waals surface area contributed by atoms with Gasteiger partial charge in [-0.15, -0.1) is 11.3 Å². The van der Waals surface area contributed by atoms with Crippen molar-refractivity contribution in [3.63, 3.8) is 0 Å². The smallest absolute Gasteiger partial charge is 0.165 e. The van der Waals surface area contributed by atoms with Crippen LogP contribution in [0.1, 0.15) is 23.6 Å². The monoisotopic (exact) mass is 279 g/mol. The predicted molar refractivity (Wildman–Crippen MR) is 77.0 cm³/mol. The molecule has 0 saturated heterocycles. The summed E-state index contributed by atoms with van der Waals surface area (Å²) in [6, 6.07) is 11.1. The number of hydrogen-bond donors (Lipinski definition) is 1. The third-order valence-electron chi connectivity index (χ3n) is 2.61. The summed E-state index contributed by atoms with van der Waals surface area (Å²) >= 11 is 1.69. The SMILES string of the molecule is CC(C)NCc1ccc(COc2ccccc2F)s1. The van der Waals surface area contributed by atoms with Gasteiger partial charge in [-0.25, -0.2) is 4.39 Å². The number of nitrogens with one attached hydrogen (secondary N) is 1. The van der Waals surface area contributed by atoms with Crippen LogP contribution in [0, 0.1) is 5.82 Å². The molecule has 0 bridgehead atoms. The predicted octanol–water partition coefficient (Wildman–Crippen LogP) is 3.96. The van der Waals surface area contributed by atoms with E-state index in [0.29, 0.717) is 18.4 Å². The zero-order valence-corrected chi connectivity index (χ0v) is 12.0. The quantitative estimate of drug-likeness (QED) is 0.864. The lowest BCUT2D eigenvalue weighted by molar-refractivity contribution is 0.293. The van der Waals surface area contributed by atoms with Gasteiger partial charge in [0, 0.05) is 22.3 Å². The Labute approximate surface area is 117 Å². The second-order valence-electron chi connectivity index (χ2n) is 4.62. The summed E-state index contributed by atoms with van der Waals surface area (Å²) < 4.78 is 18.9. The van der Waals surface area contributed by atoms with Gasteiger partial charge in [-0.3, -0.25) is 0 Å². The number of benzene rings is 1. The fourth-order valence-electron chi connectivity index (χ4n) is 1.61. The molecule has 1 aromatic carbocycles. The number of para-hydroxylation sites is 1. The Balaban J connectivity index is 1.88. The molecule has 2 aromatic rings. The Hall–Kier alpha value is -1.39. The highest BCUT2D eigenvalue weighted by atomic mass is 32.1. The van der Waals surface area contributed by atoms with Crippen molar-refractivity contribution in [3.05, 3.63) is 52.0 Å². The van der Waals surface area contributed by atoms with Crippen molar-refractivity contribution in [2.45, 2.75) is 33.0 Å². The third kappa shape index (κ3) is 4.33. The minimum absolute atomic E-state index is 0.303. The zero-order valence-electron chi connectivity index (χ0n) is 11.2. The fourth-order valence-corrected chi connectivity index (χ4v) is 2.49. The van der Waals surface area contributed by atoms with Crippen LogP contribution >= 0.6 is 11.3 Å². The van der Waals surface area contributed by atoms with E-state index in [0.717, 1.165) is 11.4 Å². The maximum atomic E-state index is 13.4. The summed E-state index contributed by atoms with van der Waals surface area (Å²) in [5.74, 6) is -0.0153. The van der Waals surface area contributed by atoms with E-state index in [9.17, 15) is 4.39 Å². The van der Waals surface area contributed by atoms with Gasteiger partial charge >= 0.3 is 0 Å². The van der Waals surface area contributed by atoms with E-state index in [2.05, 4.69) is 25.2 Å². The molecule has 0 spiro atoms. The van der Waals surface area contributed by atoms with E-state index in [1.165, 1.54) is 10.9 Å². The van der Waals surface area contributed by atoms with Gasteiger partial charge in [0.1, 0.15) is 6.61 Å². The normalized spacial score (nSPS) is 10.9. The van der Waals surface area contributed by atoms with Crippen molar-refractivity contribution in [2.75, 3.05) is 0 Å². The van der Waals surface area contributed by atoms with E-state index in [4.69, 9.17) is 4.74 Å². The van der Waals surface area contributed by atoms with Crippen LogP contribution in [0.15, 0.2) is 36.4 Å². The molecule has 0 fully saturated rings. The zero-order chi connectivity index (χ0) is 13.7. The van der Waals surface area contributed by atoms with Crippen LogP contribution in [0.25, 0.3) is 0 Å². The van der Waals surface area contributed by atoms with Gasteiger partial charge in [-0.05, 0) is 24.3 Å². The van der Waals surface area contributed by atoms with Gasteiger partial charge in [0.2, 0.25) is 0 Å². The lowest BCUT2D eigenvalue weighted by Gasteiger charge is -2.06. The molecule has 0 atom stereocenters. The molecule has 1 N–H and O–H groups in total. The summed E-state index contributed by atoms with van der Waals surface area (Å²) in [5, 5.41) is 3.37. The summed E-state index contributed by atoms with van der Waals surface area (Å²) in [6.07, 6.45) is 0. The van der Waals surface area contributed by atoms with Gasteiger partial charge in [0.15, 0.2) is 11.6 Å². The topological polar surface area (TPSA) is 21.3 Å². The molecule has 102 valence electrons. The maximum Gasteiger partial charge on any atom is 0.165 e. The molecule has 19 heavy (non-hydrogen) atoms.